The number of hydrogen-bond donors (Lipinski definition) is 1. The van der Waals surface area contributed by atoms with Crippen LogP contribution in [0.5, 0.6) is 0 Å². The van der Waals surface area contributed by atoms with Crippen molar-refractivity contribution < 1.29 is 5.11 Å². The highest BCUT2D eigenvalue weighted by Gasteiger charge is 1.97. The lowest BCUT2D eigenvalue weighted by molar-refractivity contribution is 0.233. The third-order valence-corrected chi connectivity index (χ3v) is 1.11. The summed E-state index contributed by atoms with van der Waals surface area (Å²) in [6.45, 7) is 5.43. The lowest BCUT2D eigenvalue weighted by Crippen LogP contribution is -2.01. The summed E-state index contributed by atoms with van der Waals surface area (Å²) in [4.78, 5) is 0. The molecule has 0 aromatic heterocycles. The van der Waals surface area contributed by atoms with Gasteiger partial charge >= 0.3 is 0 Å². The Morgan fingerprint density at radius 3 is 2.90 bits per heavy atom. The first-order chi connectivity index (χ1) is 4.70. The maximum Gasteiger partial charge on any atom is 0.118 e. The van der Waals surface area contributed by atoms with Gasteiger partial charge in [0.05, 0.1) is 0 Å². The van der Waals surface area contributed by atoms with Gasteiger partial charge in [0.2, 0.25) is 0 Å². The Hall–Kier alpha value is -1.00. The fourth-order valence-electron chi connectivity index (χ4n) is 0.633. The third-order valence-electron chi connectivity index (χ3n) is 1.11. The summed E-state index contributed by atoms with van der Waals surface area (Å²) in [5, 5.41) is 8.94. The van der Waals surface area contributed by atoms with E-state index < -0.39 is 6.10 Å². The van der Waals surface area contributed by atoms with Crippen LogP contribution < -0.4 is 0 Å². The van der Waals surface area contributed by atoms with Crippen LogP contribution in [0.25, 0.3) is 0 Å². The number of hydrogen-bond acceptors (Lipinski definition) is 1. The molecule has 0 saturated carbocycles. The molecule has 1 unspecified atom stereocenters. The van der Waals surface area contributed by atoms with Crippen LogP contribution >= 0.6 is 0 Å². The van der Waals surface area contributed by atoms with E-state index in [9.17, 15) is 0 Å². The standard InChI is InChI=1S/C9H12O/c1-4-6-8(3)7-9(10)5-2/h2,4,6,9-10H,1,7H2,3H3/b8-6-. The van der Waals surface area contributed by atoms with Crippen molar-refractivity contribution in [2.24, 2.45) is 0 Å². The monoisotopic (exact) mass is 136 g/mol. The Morgan fingerprint density at radius 2 is 2.50 bits per heavy atom. The van der Waals surface area contributed by atoms with Crippen molar-refractivity contribution in [1.82, 2.24) is 0 Å². The maximum absolute atomic E-state index is 8.94. The van der Waals surface area contributed by atoms with Gasteiger partial charge in [-0.25, -0.2) is 0 Å². The Kier molecular flexibility index (Phi) is 4.36. The van der Waals surface area contributed by atoms with Crippen LogP contribution in [0, 0.1) is 12.3 Å². The molecule has 0 spiro atoms. The van der Waals surface area contributed by atoms with Crippen LogP contribution in [0.1, 0.15) is 13.3 Å². The van der Waals surface area contributed by atoms with E-state index in [1.54, 1.807) is 6.08 Å². The summed E-state index contributed by atoms with van der Waals surface area (Å²) >= 11 is 0. The van der Waals surface area contributed by atoms with Crippen molar-refractivity contribution in [3.05, 3.63) is 24.3 Å². The zero-order valence-corrected chi connectivity index (χ0v) is 6.17. The zero-order chi connectivity index (χ0) is 7.98. The quantitative estimate of drug-likeness (QED) is 0.460. The molecule has 10 heavy (non-hydrogen) atoms. The maximum atomic E-state index is 8.94. The highest BCUT2D eigenvalue weighted by Crippen LogP contribution is 2.02. The smallest absolute Gasteiger partial charge is 0.118 e. The Balaban J connectivity index is 3.80. The van der Waals surface area contributed by atoms with E-state index in [1.807, 2.05) is 13.0 Å². The normalized spacial score (nSPS) is 13.9. The second-order valence-corrected chi connectivity index (χ2v) is 2.14. The minimum Gasteiger partial charge on any atom is -0.380 e. The van der Waals surface area contributed by atoms with Gasteiger partial charge in [-0.1, -0.05) is 30.2 Å². The van der Waals surface area contributed by atoms with Crippen molar-refractivity contribution >= 4 is 0 Å². The van der Waals surface area contributed by atoms with Crippen LogP contribution in [0.4, 0.5) is 0 Å². The minimum absolute atomic E-state index is 0.530. The summed E-state index contributed by atoms with van der Waals surface area (Å²) in [5.41, 5.74) is 1.04. The molecule has 0 fully saturated rings. The summed E-state index contributed by atoms with van der Waals surface area (Å²) in [6, 6.07) is 0. The van der Waals surface area contributed by atoms with Crippen molar-refractivity contribution in [2.75, 3.05) is 0 Å². The summed E-state index contributed by atoms with van der Waals surface area (Å²) in [6.07, 6.45) is 8.35. The number of aliphatic hydroxyl groups excluding tert-OH is 1. The number of terminal acetylenes is 1. The fourth-order valence-corrected chi connectivity index (χ4v) is 0.633. The molecule has 54 valence electrons. The molecule has 0 aliphatic heterocycles. The molecule has 0 bridgehead atoms. The Bertz CT molecular complexity index is 172. The molecule has 0 aromatic carbocycles. The van der Waals surface area contributed by atoms with Crippen LogP contribution in [0.3, 0.4) is 0 Å². The predicted octanol–water partition coefficient (Wildman–Crippen LogP) is 1.50. The zero-order valence-electron chi connectivity index (χ0n) is 6.17. The number of allylic oxidation sites excluding steroid dienone is 2. The summed E-state index contributed by atoms with van der Waals surface area (Å²) in [5.74, 6) is 2.23. The second kappa shape index (κ2) is 4.84. The first-order valence-corrected chi connectivity index (χ1v) is 3.13. The molecule has 0 amide bonds. The molecule has 0 heterocycles. The summed E-state index contributed by atoms with van der Waals surface area (Å²) in [7, 11) is 0. The van der Waals surface area contributed by atoms with Gasteiger partial charge in [-0.05, 0) is 6.92 Å². The number of rotatable bonds is 3. The topological polar surface area (TPSA) is 20.2 Å². The molecule has 0 radical (unpaired) electrons. The van der Waals surface area contributed by atoms with E-state index in [0.717, 1.165) is 5.57 Å². The van der Waals surface area contributed by atoms with Crippen molar-refractivity contribution in [1.29, 1.82) is 0 Å². The summed E-state index contributed by atoms with van der Waals surface area (Å²) < 4.78 is 0. The van der Waals surface area contributed by atoms with Gasteiger partial charge in [-0.3, -0.25) is 0 Å². The predicted molar refractivity (Wildman–Crippen MR) is 43.4 cm³/mol. The van der Waals surface area contributed by atoms with E-state index in [2.05, 4.69) is 12.5 Å². The molecule has 0 aliphatic rings. The van der Waals surface area contributed by atoms with E-state index in [0.29, 0.717) is 6.42 Å². The average Bonchev–Trinajstić information content (AvgIpc) is 1.88. The van der Waals surface area contributed by atoms with Gasteiger partial charge in [0.1, 0.15) is 6.10 Å². The van der Waals surface area contributed by atoms with Crippen molar-refractivity contribution in [3.63, 3.8) is 0 Å². The minimum atomic E-state index is -0.656. The Morgan fingerprint density at radius 1 is 1.90 bits per heavy atom. The first-order valence-electron chi connectivity index (χ1n) is 3.13. The highest BCUT2D eigenvalue weighted by molar-refractivity contribution is 5.11. The fraction of sp³-hybridized carbons (Fsp3) is 0.333. The van der Waals surface area contributed by atoms with Gasteiger partial charge in [-0.2, -0.15) is 0 Å². The van der Waals surface area contributed by atoms with E-state index >= 15 is 0 Å². The molecule has 0 aromatic rings. The first kappa shape index (κ1) is 9.00. The molecular formula is C9H12O. The molecule has 0 aliphatic carbocycles. The van der Waals surface area contributed by atoms with E-state index in [-0.39, 0.29) is 0 Å². The van der Waals surface area contributed by atoms with E-state index in [1.165, 1.54) is 0 Å². The second-order valence-electron chi connectivity index (χ2n) is 2.14. The third kappa shape index (κ3) is 3.94. The van der Waals surface area contributed by atoms with Gasteiger partial charge in [0.15, 0.2) is 0 Å². The molecule has 1 atom stereocenters. The van der Waals surface area contributed by atoms with Gasteiger partial charge in [0.25, 0.3) is 0 Å². The van der Waals surface area contributed by atoms with Gasteiger partial charge in [-0.15, -0.1) is 6.42 Å². The lowest BCUT2D eigenvalue weighted by Gasteiger charge is -2.01. The van der Waals surface area contributed by atoms with Crippen molar-refractivity contribution in [3.8, 4) is 12.3 Å². The molecular weight excluding hydrogens is 124 g/mol. The molecule has 0 saturated heterocycles. The van der Waals surface area contributed by atoms with Gasteiger partial charge < -0.3 is 5.11 Å². The molecule has 0 rings (SSSR count). The largest absolute Gasteiger partial charge is 0.380 e. The SMILES string of the molecule is C#CC(O)C/C(C)=C\C=C. The van der Waals surface area contributed by atoms with Gasteiger partial charge in [0, 0.05) is 6.42 Å². The Labute approximate surface area is 62.1 Å². The average molecular weight is 136 g/mol. The number of aliphatic hydroxyl groups is 1. The van der Waals surface area contributed by atoms with E-state index in [4.69, 9.17) is 11.5 Å². The molecule has 1 heteroatoms. The van der Waals surface area contributed by atoms with Crippen LogP contribution in [-0.2, 0) is 0 Å². The molecule has 1 N–H and O–H groups in total. The van der Waals surface area contributed by atoms with Crippen LogP contribution in [-0.4, -0.2) is 11.2 Å². The highest BCUT2D eigenvalue weighted by atomic mass is 16.3. The van der Waals surface area contributed by atoms with Crippen LogP contribution in [0.2, 0.25) is 0 Å². The van der Waals surface area contributed by atoms with Crippen molar-refractivity contribution in [2.45, 2.75) is 19.4 Å². The molecule has 1 nitrogen and oxygen atoms in total. The lowest BCUT2D eigenvalue weighted by atomic mass is 10.1. The van der Waals surface area contributed by atoms with Crippen LogP contribution in [0.15, 0.2) is 24.3 Å².